The maximum atomic E-state index is 12.2. The number of hydrogen-bond donors (Lipinski definition) is 1. The van der Waals surface area contributed by atoms with Crippen molar-refractivity contribution in [1.82, 2.24) is 15.3 Å². The molecule has 128 valence electrons. The minimum absolute atomic E-state index is 0.199. The lowest BCUT2D eigenvalue weighted by Crippen LogP contribution is -2.35. The third kappa shape index (κ3) is 4.04. The SMILES string of the molecule is CC.CCCC1CC(=O)N(CC2=C3N=CC(Br)=CN3NC2C)C1. The van der Waals surface area contributed by atoms with Gasteiger partial charge in [0.2, 0.25) is 5.91 Å². The lowest BCUT2D eigenvalue weighted by Gasteiger charge is -2.19. The fourth-order valence-corrected chi connectivity index (χ4v) is 3.55. The van der Waals surface area contributed by atoms with Gasteiger partial charge in [-0.25, -0.2) is 10.4 Å². The molecule has 0 aromatic heterocycles. The molecule has 1 N–H and O–H groups in total. The van der Waals surface area contributed by atoms with Crippen LogP contribution in [0.5, 0.6) is 0 Å². The van der Waals surface area contributed by atoms with Crippen LogP contribution in [0, 0.1) is 5.92 Å². The molecule has 23 heavy (non-hydrogen) atoms. The van der Waals surface area contributed by atoms with Gasteiger partial charge in [0, 0.05) is 37.5 Å². The minimum atomic E-state index is 0.199. The van der Waals surface area contributed by atoms with Crippen LogP contribution in [0.2, 0.25) is 0 Å². The Hall–Kier alpha value is -1.14. The monoisotopic (exact) mass is 382 g/mol. The summed E-state index contributed by atoms with van der Waals surface area (Å²) in [6.07, 6.45) is 6.77. The maximum Gasteiger partial charge on any atom is 0.223 e. The molecule has 2 unspecified atom stereocenters. The van der Waals surface area contributed by atoms with E-state index in [1.165, 1.54) is 5.57 Å². The van der Waals surface area contributed by atoms with Crippen LogP contribution in [-0.2, 0) is 4.79 Å². The molecule has 0 bridgehead atoms. The van der Waals surface area contributed by atoms with Gasteiger partial charge in [-0.1, -0.05) is 27.2 Å². The highest BCUT2D eigenvalue weighted by Gasteiger charge is 2.34. The van der Waals surface area contributed by atoms with E-state index in [0.29, 0.717) is 18.9 Å². The zero-order valence-corrected chi connectivity index (χ0v) is 16.1. The van der Waals surface area contributed by atoms with Crippen LogP contribution in [-0.4, -0.2) is 41.2 Å². The van der Waals surface area contributed by atoms with E-state index >= 15 is 0 Å². The molecule has 1 saturated heterocycles. The molecular weight excluding hydrogens is 356 g/mol. The van der Waals surface area contributed by atoms with Gasteiger partial charge in [0.05, 0.1) is 10.5 Å². The van der Waals surface area contributed by atoms with Crippen LogP contribution in [0.3, 0.4) is 0 Å². The summed E-state index contributed by atoms with van der Waals surface area (Å²) >= 11 is 3.43. The number of rotatable bonds is 4. The number of halogens is 1. The van der Waals surface area contributed by atoms with Gasteiger partial charge in [-0.2, -0.15) is 0 Å². The number of hydrogen-bond acceptors (Lipinski definition) is 4. The number of fused-ring (bicyclic) bond motifs is 1. The van der Waals surface area contributed by atoms with Crippen LogP contribution in [0.1, 0.15) is 47.0 Å². The van der Waals surface area contributed by atoms with Crippen molar-refractivity contribution in [3.8, 4) is 0 Å². The minimum Gasteiger partial charge on any atom is -0.338 e. The normalized spacial score (nSPS) is 26.3. The van der Waals surface area contributed by atoms with Crippen molar-refractivity contribution in [3.63, 3.8) is 0 Å². The molecule has 3 rings (SSSR count). The molecule has 1 amide bonds. The summed E-state index contributed by atoms with van der Waals surface area (Å²) in [4.78, 5) is 18.7. The van der Waals surface area contributed by atoms with E-state index in [1.54, 1.807) is 6.21 Å². The molecule has 6 heteroatoms. The second-order valence-corrected chi connectivity index (χ2v) is 6.89. The van der Waals surface area contributed by atoms with Crippen LogP contribution in [0.15, 0.2) is 27.1 Å². The first-order valence-corrected chi connectivity index (χ1v) is 9.35. The first-order chi connectivity index (χ1) is 11.1. The third-order valence-corrected chi connectivity index (χ3v) is 4.70. The van der Waals surface area contributed by atoms with Gasteiger partial charge in [-0.05, 0) is 35.2 Å². The number of likely N-dealkylation sites (tertiary alicyclic amines) is 1. The molecule has 2 atom stereocenters. The zero-order chi connectivity index (χ0) is 17.0. The van der Waals surface area contributed by atoms with Crippen molar-refractivity contribution in [2.24, 2.45) is 10.9 Å². The Morgan fingerprint density at radius 3 is 2.87 bits per heavy atom. The number of aliphatic imine (C=N–C) groups is 1. The molecule has 0 aromatic carbocycles. The van der Waals surface area contributed by atoms with E-state index in [0.717, 1.165) is 29.7 Å². The highest BCUT2D eigenvalue weighted by atomic mass is 79.9. The van der Waals surface area contributed by atoms with Crippen LogP contribution < -0.4 is 5.43 Å². The summed E-state index contributed by atoms with van der Waals surface area (Å²) in [5.74, 6) is 1.74. The molecule has 0 spiro atoms. The first kappa shape index (κ1) is 18.2. The third-order valence-electron chi connectivity index (χ3n) is 4.29. The standard InChI is InChI=1S/C15H21BrN4O.C2H6/c1-3-4-11-5-14(21)19(7-11)9-13-10(2)18-20-8-12(16)6-17-15(13)20;1-2/h6,8,10-11,18H,3-5,7,9H2,1-2H3;1-2H3. The Morgan fingerprint density at radius 2 is 2.17 bits per heavy atom. The van der Waals surface area contributed by atoms with Crippen molar-refractivity contribution in [1.29, 1.82) is 0 Å². The molecule has 1 fully saturated rings. The topological polar surface area (TPSA) is 47.9 Å². The van der Waals surface area contributed by atoms with Crippen LogP contribution >= 0.6 is 15.9 Å². The number of nitrogens with zero attached hydrogens (tertiary/aromatic N) is 3. The van der Waals surface area contributed by atoms with Crippen molar-refractivity contribution >= 4 is 28.1 Å². The Labute approximate surface area is 147 Å². The van der Waals surface area contributed by atoms with Gasteiger partial charge in [-0.3, -0.25) is 9.80 Å². The summed E-state index contributed by atoms with van der Waals surface area (Å²) in [7, 11) is 0. The lowest BCUT2D eigenvalue weighted by molar-refractivity contribution is -0.127. The molecule has 0 aromatic rings. The first-order valence-electron chi connectivity index (χ1n) is 8.56. The molecular formula is C17H27BrN4O. The highest BCUT2D eigenvalue weighted by Crippen LogP contribution is 2.29. The summed E-state index contributed by atoms with van der Waals surface area (Å²) in [6.45, 7) is 9.86. The van der Waals surface area contributed by atoms with E-state index in [1.807, 2.05) is 30.0 Å². The van der Waals surface area contributed by atoms with Gasteiger partial charge >= 0.3 is 0 Å². The predicted molar refractivity (Wildman–Crippen MR) is 97.9 cm³/mol. The Balaban J connectivity index is 0.000000924. The lowest BCUT2D eigenvalue weighted by atomic mass is 10.0. The molecule has 3 heterocycles. The fourth-order valence-electron chi connectivity index (χ4n) is 3.24. The van der Waals surface area contributed by atoms with E-state index in [9.17, 15) is 4.79 Å². The van der Waals surface area contributed by atoms with Crippen LogP contribution in [0.4, 0.5) is 0 Å². The molecule has 0 saturated carbocycles. The van der Waals surface area contributed by atoms with Crippen molar-refractivity contribution in [2.75, 3.05) is 13.1 Å². The molecule has 3 aliphatic rings. The predicted octanol–water partition coefficient (Wildman–Crippen LogP) is 3.40. The van der Waals surface area contributed by atoms with Gasteiger partial charge in [0.15, 0.2) is 0 Å². The summed E-state index contributed by atoms with van der Waals surface area (Å²) < 4.78 is 0.937. The van der Waals surface area contributed by atoms with Crippen molar-refractivity contribution < 1.29 is 4.79 Å². The van der Waals surface area contributed by atoms with Gasteiger partial charge < -0.3 is 4.90 Å². The summed E-state index contributed by atoms with van der Waals surface area (Å²) in [6, 6.07) is 0.199. The second-order valence-electron chi connectivity index (χ2n) is 5.97. The Bertz CT molecular complexity index is 541. The quantitative estimate of drug-likeness (QED) is 0.810. The molecule has 5 nitrogen and oxygen atoms in total. The summed E-state index contributed by atoms with van der Waals surface area (Å²) in [5.41, 5.74) is 4.55. The van der Waals surface area contributed by atoms with Crippen LogP contribution in [0.25, 0.3) is 0 Å². The van der Waals surface area contributed by atoms with E-state index in [2.05, 4.69) is 40.2 Å². The zero-order valence-electron chi connectivity index (χ0n) is 14.5. The fraction of sp³-hybridized carbons (Fsp3) is 0.647. The molecule has 0 aliphatic carbocycles. The van der Waals surface area contributed by atoms with E-state index < -0.39 is 0 Å². The molecule has 0 radical (unpaired) electrons. The summed E-state index contributed by atoms with van der Waals surface area (Å²) in [5, 5.41) is 1.94. The van der Waals surface area contributed by atoms with Gasteiger partial charge in [0.1, 0.15) is 5.82 Å². The maximum absolute atomic E-state index is 12.2. The Kier molecular flexibility index (Phi) is 6.41. The smallest absolute Gasteiger partial charge is 0.223 e. The average Bonchev–Trinajstić information content (AvgIpc) is 3.02. The number of amides is 1. The molecule has 3 aliphatic heterocycles. The highest BCUT2D eigenvalue weighted by molar-refractivity contribution is 9.12. The Morgan fingerprint density at radius 1 is 1.43 bits per heavy atom. The number of allylic oxidation sites excluding steroid dienone is 1. The average molecular weight is 383 g/mol. The number of hydrazine groups is 1. The number of carbonyl (C=O) groups is 1. The van der Waals surface area contributed by atoms with E-state index in [-0.39, 0.29) is 11.9 Å². The van der Waals surface area contributed by atoms with E-state index in [4.69, 9.17) is 0 Å². The second kappa shape index (κ2) is 8.11. The number of nitrogens with one attached hydrogen (secondary N) is 1. The van der Waals surface area contributed by atoms with Gasteiger partial charge in [0.25, 0.3) is 0 Å². The van der Waals surface area contributed by atoms with Crippen molar-refractivity contribution in [3.05, 3.63) is 22.1 Å². The largest absolute Gasteiger partial charge is 0.338 e. The number of carbonyl (C=O) groups excluding carboxylic acids is 1. The van der Waals surface area contributed by atoms with Gasteiger partial charge in [-0.15, -0.1) is 0 Å². The van der Waals surface area contributed by atoms with Crippen molar-refractivity contribution in [2.45, 2.75) is 53.0 Å².